The fourth-order valence-corrected chi connectivity index (χ4v) is 3.99. The number of carbonyl (C=O) groups is 1. The van der Waals surface area contributed by atoms with Crippen LogP contribution in [0.5, 0.6) is 0 Å². The second-order valence-electron chi connectivity index (χ2n) is 5.14. The number of carbonyl (C=O) groups excluding carboxylic acids is 1. The first kappa shape index (κ1) is 16.2. The van der Waals surface area contributed by atoms with E-state index in [0.29, 0.717) is 18.0 Å². The molecule has 118 valence electrons. The highest BCUT2D eigenvalue weighted by Crippen LogP contribution is 2.28. The molecule has 0 saturated heterocycles. The van der Waals surface area contributed by atoms with Crippen LogP contribution in [-0.4, -0.2) is 22.8 Å². The smallest absolute Gasteiger partial charge is 0.228 e. The average molecular weight is 363 g/mol. The molecule has 0 atom stereocenters. The zero-order valence-corrected chi connectivity index (χ0v) is 14.9. The van der Waals surface area contributed by atoms with E-state index >= 15 is 0 Å². The van der Waals surface area contributed by atoms with Gasteiger partial charge in [0.2, 0.25) is 5.91 Å². The summed E-state index contributed by atoms with van der Waals surface area (Å²) in [6.45, 7) is 0.500. The molecule has 0 radical (unpaired) electrons. The monoisotopic (exact) mass is 362 g/mol. The minimum Gasteiger partial charge on any atom is -0.341 e. The van der Waals surface area contributed by atoms with Gasteiger partial charge >= 0.3 is 0 Å². The van der Waals surface area contributed by atoms with Gasteiger partial charge < -0.3 is 4.90 Å². The van der Waals surface area contributed by atoms with Gasteiger partial charge in [-0.3, -0.25) is 4.79 Å². The van der Waals surface area contributed by atoms with Crippen LogP contribution in [-0.2, 0) is 17.8 Å². The summed E-state index contributed by atoms with van der Waals surface area (Å²) in [6, 6.07) is 11.6. The van der Waals surface area contributed by atoms with Gasteiger partial charge in [0, 0.05) is 24.0 Å². The van der Waals surface area contributed by atoms with Crippen molar-refractivity contribution < 1.29 is 4.79 Å². The summed E-state index contributed by atoms with van der Waals surface area (Å²) in [6.07, 6.45) is 0.308. The number of likely N-dealkylation sites (N-methyl/N-ethyl adjacent to an activating group) is 1. The van der Waals surface area contributed by atoms with Gasteiger partial charge in [-0.15, -0.1) is 22.7 Å². The van der Waals surface area contributed by atoms with Crippen molar-refractivity contribution in [3.63, 3.8) is 0 Å². The number of amides is 1. The Morgan fingerprint density at radius 3 is 2.78 bits per heavy atom. The van der Waals surface area contributed by atoms with Gasteiger partial charge in [-0.25, -0.2) is 4.98 Å². The Morgan fingerprint density at radius 2 is 2.04 bits per heavy atom. The molecular formula is C17H15ClN2OS2. The molecule has 0 spiro atoms. The fraction of sp³-hybridized carbons (Fsp3) is 0.176. The van der Waals surface area contributed by atoms with Crippen LogP contribution in [0, 0.1) is 0 Å². The third-order valence-corrected chi connectivity index (χ3v) is 5.71. The van der Waals surface area contributed by atoms with Crippen LogP contribution in [0.15, 0.2) is 47.2 Å². The molecule has 0 aliphatic heterocycles. The summed E-state index contributed by atoms with van der Waals surface area (Å²) in [5.74, 6) is 0.0351. The molecule has 0 unspecified atom stereocenters. The Hall–Kier alpha value is -1.69. The maximum atomic E-state index is 12.4. The molecule has 3 rings (SSSR count). The van der Waals surface area contributed by atoms with Crippen LogP contribution in [0.3, 0.4) is 0 Å². The Kier molecular flexibility index (Phi) is 5.10. The van der Waals surface area contributed by atoms with Crippen molar-refractivity contribution in [3.05, 3.63) is 63.4 Å². The topological polar surface area (TPSA) is 33.2 Å². The highest BCUT2D eigenvalue weighted by atomic mass is 35.5. The second kappa shape index (κ2) is 7.25. The first-order valence-electron chi connectivity index (χ1n) is 7.09. The van der Waals surface area contributed by atoms with Crippen LogP contribution in [0.4, 0.5) is 0 Å². The normalized spacial score (nSPS) is 10.7. The van der Waals surface area contributed by atoms with Gasteiger partial charge in [-0.2, -0.15) is 0 Å². The second-order valence-corrected chi connectivity index (χ2v) is 7.35. The van der Waals surface area contributed by atoms with E-state index in [2.05, 4.69) is 4.98 Å². The molecule has 3 nitrogen and oxygen atoms in total. The molecular weight excluding hydrogens is 348 g/mol. The molecule has 2 heterocycles. The van der Waals surface area contributed by atoms with Crippen LogP contribution in [0.25, 0.3) is 9.88 Å². The van der Waals surface area contributed by atoms with Gasteiger partial charge in [0.05, 0.1) is 17.0 Å². The quantitative estimate of drug-likeness (QED) is 0.657. The Balaban J connectivity index is 1.64. The SMILES string of the molecule is CN(Cc1ccccc1Cl)C(=O)Cc1csc(-c2cccs2)n1. The van der Waals surface area contributed by atoms with Crippen molar-refractivity contribution in [2.75, 3.05) is 7.05 Å². The lowest BCUT2D eigenvalue weighted by Gasteiger charge is -2.17. The minimum absolute atomic E-state index is 0.0351. The van der Waals surface area contributed by atoms with Crippen molar-refractivity contribution in [2.45, 2.75) is 13.0 Å². The van der Waals surface area contributed by atoms with E-state index in [9.17, 15) is 4.79 Å². The summed E-state index contributed by atoms with van der Waals surface area (Å²) in [5, 5.41) is 5.63. The molecule has 0 aliphatic carbocycles. The molecule has 2 aromatic heterocycles. The van der Waals surface area contributed by atoms with Crippen molar-refractivity contribution in [3.8, 4) is 9.88 Å². The lowest BCUT2D eigenvalue weighted by molar-refractivity contribution is -0.129. The average Bonchev–Trinajstić information content (AvgIpc) is 3.20. The number of nitrogens with zero attached hydrogens (tertiary/aromatic N) is 2. The number of aromatic nitrogens is 1. The summed E-state index contributed by atoms with van der Waals surface area (Å²) in [4.78, 5) is 19.8. The predicted molar refractivity (Wildman–Crippen MR) is 97.1 cm³/mol. The largest absolute Gasteiger partial charge is 0.341 e. The minimum atomic E-state index is 0.0351. The molecule has 23 heavy (non-hydrogen) atoms. The lowest BCUT2D eigenvalue weighted by atomic mass is 10.2. The maximum absolute atomic E-state index is 12.4. The van der Waals surface area contributed by atoms with Gasteiger partial charge in [0.25, 0.3) is 0 Å². The van der Waals surface area contributed by atoms with Crippen molar-refractivity contribution in [2.24, 2.45) is 0 Å². The summed E-state index contributed by atoms with van der Waals surface area (Å²) >= 11 is 9.38. The molecule has 6 heteroatoms. The number of halogens is 1. The number of hydrogen-bond acceptors (Lipinski definition) is 4. The highest BCUT2D eigenvalue weighted by molar-refractivity contribution is 7.20. The number of thiazole rings is 1. The standard InChI is InChI=1S/C17H15ClN2OS2/c1-20(10-12-5-2-3-6-14(12)18)16(21)9-13-11-23-17(19-13)15-7-4-8-22-15/h2-8,11H,9-10H2,1H3. The van der Waals surface area contributed by atoms with Gasteiger partial charge in [-0.1, -0.05) is 35.9 Å². The number of hydrogen-bond donors (Lipinski definition) is 0. The van der Waals surface area contributed by atoms with Crippen LogP contribution >= 0.6 is 34.3 Å². The fourth-order valence-electron chi connectivity index (χ4n) is 2.16. The van der Waals surface area contributed by atoms with E-state index in [0.717, 1.165) is 21.1 Å². The predicted octanol–water partition coefficient (Wildman–Crippen LogP) is 4.73. The molecule has 0 saturated carbocycles. The van der Waals surface area contributed by atoms with E-state index in [1.807, 2.05) is 47.2 Å². The van der Waals surface area contributed by atoms with E-state index in [4.69, 9.17) is 11.6 Å². The summed E-state index contributed by atoms with van der Waals surface area (Å²) in [5.41, 5.74) is 1.76. The third-order valence-electron chi connectivity index (χ3n) is 3.41. The zero-order chi connectivity index (χ0) is 16.2. The van der Waals surface area contributed by atoms with Gasteiger partial charge in [0.15, 0.2) is 0 Å². The zero-order valence-electron chi connectivity index (χ0n) is 12.5. The first-order valence-corrected chi connectivity index (χ1v) is 9.23. The molecule has 3 aromatic rings. The third kappa shape index (κ3) is 3.99. The lowest BCUT2D eigenvalue weighted by Crippen LogP contribution is -2.27. The van der Waals surface area contributed by atoms with Crippen LogP contribution in [0.1, 0.15) is 11.3 Å². The summed E-state index contributed by atoms with van der Waals surface area (Å²) in [7, 11) is 1.79. The van der Waals surface area contributed by atoms with Gasteiger partial charge in [-0.05, 0) is 23.1 Å². The Morgan fingerprint density at radius 1 is 1.22 bits per heavy atom. The molecule has 1 aromatic carbocycles. The van der Waals surface area contributed by atoms with E-state index in [1.165, 1.54) is 0 Å². The number of thiophene rings is 1. The van der Waals surface area contributed by atoms with Crippen LogP contribution < -0.4 is 0 Å². The Labute approximate surface area is 148 Å². The number of rotatable bonds is 5. The molecule has 0 fully saturated rings. The van der Waals surface area contributed by atoms with Gasteiger partial charge in [0.1, 0.15) is 5.01 Å². The van der Waals surface area contributed by atoms with E-state index in [-0.39, 0.29) is 5.91 Å². The van der Waals surface area contributed by atoms with Crippen molar-refractivity contribution >= 4 is 40.2 Å². The van der Waals surface area contributed by atoms with Crippen LogP contribution in [0.2, 0.25) is 5.02 Å². The van der Waals surface area contributed by atoms with E-state index in [1.54, 1.807) is 34.6 Å². The molecule has 0 bridgehead atoms. The highest BCUT2D eigenvalue weighted by Gasteiger charge is 2.14. The molecule has 1 amide bonds. The Bertz CT molecular complexity index is 799. The summed E-state index contributed by atoms with van der Waals surface area (Å²) < 4.78 is 0. The first-order chi connectivity index (χ1) is 11.1. The maximum Gasteiger partial charge on any atom is 0.228 e. The van der Waals surface area contributed by atoms with E-state index < -0.39 is 0 Å². The molecule has 0 aliphatic rings. The molecule has 0 N–H and O–H groups in total. The number of benzene rings is 1. The van der Waals surface area contributed by atoms with Crippen molar-refractivity contribution in [1.82, 2.24) is 9.88 Å². The van der Waals surface area contributed by atoms with Crippen molar-refractivity contribution in [1.29, 1.82) is 0 Å².